The quantitative estimate of drug-likeness (QED) is 0.717. The number of aryl methyl sites for hydroxylation is 1. The van der Waals surface area contributed by atoms with Crippen LogP contribution in [0.4, 0.5) is 0 Å². The first kappa shape index (κ1) is 20.5. The first-order valence-electron chi connectivity index (χ1n) is 10.7. The van der Waals surface area contributed by atoms with Crippen LogP contribution in [0.2, 0.25) is 0 Å². The predicted octanol–water partition coefficient (Wildman–Crippen LogP) is 0.828. The summed E-state index contributed by atoms with van der Waals surface area (Å²) < 4.78 is 8.87. The number of hydrogen-bond acceptors (Lipinski definition) is 6. The predicted molar refractivity (Wildman–Crippen MR) is 108 cm³/mol. The number of nitrogens with zero attached hydrogens (tertiary/aromatic N) is 7. The van der Waals surface area contributed by atoms with Gasteiger partial charge in [0.1, 0.15) is 0 Å². The van der Waals surface area contributed by atoms with Crippen LogP contribution in [0.15, 0.2) is 12.4 Å². The number of piperidine rings is 1. The van der Waals surface area contributed by atoms with E-state index < -0.39 is 0 Å². The molecule has 0 unspecified atom stereocenters. The maximum Gasteiger partial charge on any atom is 0.276 e. The van der Waals surface area contributed by atoms with Gasteiger partial charge in [-0.15, -0.1) is 5.10 Å². The highest BCUT2D eigenvalue weighted by Crippen LogP contribution is 2.21. The third-order valence-electron chi connectivity index (χ3n) is 5.94. The normalized spacial score (nSPS) is 19.9. The van der Waals surface area contributed by atoms with Crippen LogP contribution in [0.3, 0.4) is 0 Å². The molecular weight excluding hydrogens is 386 g/mol. The minimum atomic E-state index is -0.103. The van der Waals surface area contributed by atoms with Crippen LogP contribution in [0.1, 0.15) is 46.3 Å². The minimum absolute atomic E-state index is 0.0404. The summed E-state index contributed by atoms with van der Waals surface area (Å²) in [5, 5.41) is 12.5. The van der Waals surface area contributed by atoms with Crippen LogP contribution >= 0.6 is 0 Å². The largest absolute Gasteiger partial charge is 0.378 e. The van der Waals surface area contributed by atoms with Gasteiger partial charge in [0.15, 0.2) is 5.69 Å². The molecule has 0 aromatic carbocycles. The summed E-state index contributed by atoms with van der Waals surface area (Å²) in [6, 6.07) is 0. The van der Waals surface area contributed by atoms with Crippen LogP contribution in [0.25, 0.3) is 0 Å². The van der Waals surface area contributed by atoms with Crippen molar-refractivity contribution in [2.45, 2.75) is 39.8 Å². The monoisotopic (exact) mass is 415 g/mol. The molecule has 0 aliphatic carbocycles. The molecule has 2 aromatic heterocycles. The van der Waals surface area contributed by atoms with Gasteiger partial charge >= 0.3 is 0 Å². The van der Waals surface area contributed by atoms with Crippen molar-refractivity contribution in [2.24, 2.45) is 5.92 Å². The number of amides is 2. The van der Waals surface area contributed by atoms with E-state index >= 15 is 0 Å². The van der Waals surface area contributed by atoms with E-state index in [2.05, 4.69) is 15.4 Å². The first-order valence-corrected chi connectivity index (χ1v) is 10.7. The standard InChI is InChI=1S/C20H29N7O3/c1-3-27-15(2)17(11-21-27)19(28)25-6-4-5-16(12-25)13-26-14-18(22-23-26)20(29)24-7-9-30-10-8-24/h11,14,16H,3-10,12-13H2,1-2H3/t16-/m0/s1. The zero-order chi connectivity index (χ0) is 21.1. The van der Waals surface area contributed by atoms with E-state index in [1.165, 1.54) is 0 Å². The summed E-state index contributed by atoms with van der Waals surface area (Å²) in [5.41, 5.74) is 1.95. The Labute approximate surface area is 175 Å². The van der Waals surface area contributed by atoms with Crippen molar-refractivity contribution in [1.82, 2.24) is 34.6 Å². The highest BCUT2D eigenvalue weighted by molar-refractivity contribution is 5.95. The fraction of sp³-hybridized carbons (Fsp3) is 0.650. The summed E-state index contributed by atoms with van der Waals surface area (Å²) in [6.45, 7) is 9.05. The molecule has 30 heavy (non-hydrogen) atoms. The molecule has 10 nitrogen and oxygen atoms in total. The Kier molecular flexibility index (Phi) is 6.12. The summed E-state index contributed by atoms with van der Waals surface area (Å²) >= 11 is 0. The Morgan fingerprint density at radius 2 is 1.97 bits per heavy atom. The molecule has 1 atom stereocenters. The zero-order valence-corrected chi connectivity index (χ0v) is 17.7. The summed E-state index contributed by atoms with van der Waals surface area (Å²) in [6.07, 6.45) is 5.36. The molecule has 2 aliphatic rings. The van der Waals surface area contributed by atoms with Gasteiger partial charge in [-0.25, -0.2) is 0 Å². The van der Waals surface area contributed by atoms with E-state index in [1.807, 2.05) is 23.4 Å². The Hall–Kier alpha value is -2.75. The molecule has 0 saturated carbocycles. The number of ether oxygens (including phenoxy) is 1. The smallest absolute Gasteiger partial charge is 0.276 e. The van der Waals surface area contributed by atoms with Crippen LogP contribution in [-0.4, -0.2) is 85.8 Å². The fourth-order valence-corrected chi connectivity index (χ4v) is 4.22. The number of likely N-dealkylation sites (tertiary alicyclic amines) is 1. The summed E-state index contributed by atoms with van der Waals surface area (Å²) in [5.74, 6) is 0.212. The van der Waals surface area contributed by atoms with Gasteiger partial charge in [0.05, 0.1) is 31.2 Å². The lowest BCUT2D eigenvalue weighted by atomic mass is 9.97. The van der Waals surface area contributed by atoms with E-state index in [4.69, 9.17) is 4.74 Å². The lowest BCUT2D eigenvalue weighted by molar-refractivity contribution is 0.0299. The molecule has 0 radical (unpaired) electrons. The first-order chi connectivity index (χ1) is 14.6. The minimum Gasteiger partial charge on any atom is -0.378 e. The van der Waals surface area contributed by atoms with Gasteiger partial charge in [-0.3, -0.25) is 19.0 Å². The Morgan fingerprint density at radius 1 is 1.17 bits per heavy atom. The SMILES string of the molecule is CCn1ncc(C(=O)N2CCC[C@H](Cn3cc(C(=O)N4CCOCC4)nn3)C2)c1C. The van der Waals surface area contributed by atoms with Crippen molar-refractivity contribution in [1.29, 1.82) is 0 Å². The molecule has 4 heterocycles. The average molecular weight is 415 g/mol. The number of carbonyl (C=O) groups is 2. The molecule has 4 rings (SSSR count). The molecular formula is C20H29N7O3. The van der Waals surface area contributed by atoms with Crippen molar-refractivity contribution in [3.8, 4) is 0 Å². The van der Waals surface area contributed by atoms with Gasteiger partial charge in [-0.1, -0.05) is 5.21 Å². The zero-order valence-electron chi connectivity index (χ0n) is 17.7. The summed E-state index contributed by atoms with van der Waals surface area (Å²) in [7, 11) is 0. The Morgan fingerprint density at radius 3 is 2.70 bits per heavy atom. The molecule has 0 N–H and O–H groups in total. The van der Waals surface area contributed by atoms with Gasteiger partial charge < -0.3 is 14.5 Å². The van der Waals surface area contributed by atoms with Crippen molar-refractivity contribution in [2.75, 3.05) is 39.4 Å². The average Bonchev–Trinajstić information content (AvgIpc) is 3.40. The second-order valence-corrected chi connectivity index (χ2v) is 7.95. The van der Waals surface area contributed by atoms with Crippen LogP contribution in [0.5, 0.6) is 0 Å². The molecule has 0 bridgehead atoms. The van der Waals surface area contributed by atoms with Crippen molar-refractivity contribution >= 4 is 11.8 Å². The van der Waals surface area contributed by atoms with E-state index in [0.29, 0.717) is 50.7 Å². The maximum absolute atomic E-state index is 13.0. The molecule has 162 valence electrons. The van der Waals surface area contributed by atoms with E-state index in [-0.39, 0.29) is 17.7 Å². The second-order valence-electron chi connectivity index (χ2n) is 7.95. The summed E-state index contributed by atoms with van der Waals surface area (Å²) in [4.78, 5) is 29.2. The van der Waals surface area contributed by atoms with E-state index in [9.17, 15) is 9.59 Å². The van der Waals surface area contributed by atoms with Crippen molar-refractivity contribution < 1.29 is 14.3 Å². The number of hydrogen-bond donors (Lipinski definition) is 0. The van der Waals surface area contributed by atoms with Crippen LogP contribution in [-0.2, 0) is 17.8 Å². The highest BCUT2D eigenvalue weighted by Gasteiger charge is 2.28. The number of carbonyl (C=O) groups excluding carboxylic acids is 2. The van der Waals surface area contributed by atoms with Crippen molar-refractivity contribution in [3.05, 3.63) is 29.3 Å². The van der Waals surface area contributed by atoms with Gasteiger partial charge in [-0.05, 0) is 32.6 Å². The van der Waals surface area contributed by atoms with Gasteiger partial charge in [0.2, 0.25) is 0 Å². The lowest BCUT2D eigenvalue weighted by Gasteiger charge is -2.32. The number of morpholine rings is 1. The fourth-order valence-electron chi connectivity index (χ4n) is 4.22. The second kappa shape index (κ2) is 8.95. The third-order valence-corrected chi connectivity index (χ3v) is 5.94. The molecule has 2 amide bonds. The van der Waals surface area contributed by atoms with Gasteiger partial charge in [-0.2, -0.15) is 5.10 Å². The van der Waals surface area contributed by atoms with E-state index in [1.54, 1.807) is 22.0 Å². The molecule has 0 spiro atoms. The maximum atomic E-state index is 13.0. The number of aromatic nitrogens is 5. The van der Waals surface area contributed by atoms with Crippen LogP contribution in [0, 0.1) is 12.8 Å². The van der Waals surface area contributed by atoms with Crippen molar-refractivity contribution in [3.63, 3.8) is 0 Å². The topological polar surface area (TPSA) is 98.4 Å². The highest BCUT2D eigenvalue weighted by atomic mass is 16.5. The van der Waals surface area contributed by atoms with E-state index in [0.717, 1.165) is 31.6 Å². The van der Waals surface area contributed by atoms with Gasteiger partial charge in [0, 0.05) is 45.0 Å². The van der Waals surface area contributed by atoms with Gasteiger partial charge in [0.25, 0.3) is 11.8 Å². The number of rotatable bonds is 5. The Bertz CT molecular complexity index is 900. The third kappa shape index (κ3) is 4.23. The Balaban J connectivity index is 1.37. The molecule has 10 heteroatoms. The van der Waals surface area contributed by atoms with Crippen LogP contribution < -0.4 is 0 Å². The lowest BCUT2D eigenvalue weighted by Crippen LogP contribution is -2.41. The molecule has 2 saturated heterocycles. The molecule has 2 aliphatic heterocycles. The molecule has 2 aromatic rings. The molecule has 2 fully saturated rings.